The molecule has 0 fully saturated rings. The van der Waals surface area contributed by atoms with E-state index in [-0.39, 0.29) is 0 Å². The van der Waals surface area contributed by atoms with Crippen molar-refractivity contribution in [1.29, 1.82) is 0 Å². The van der Waals surface area contributed by atoms with E-state index >= 15 is 0 Å². The van der Waals surface area contributed by atoms with Crippen LogP contribution in [0.5, 0.6) is 23.0 Å². The first-order valence-electron chi connectivity index (χ1n) is 29.2. The van der Waals surface area contributed by atoms with Gasteiger partial charge in [-0.25, -0.2) is 4.79 Å². The maximum Gasteiger partial charge on any atom is 0.343 e. The van der Waals surface area contributed by atoms with E-state index in [0.29, 0.717) is 54.1 Å². The van der Waals surface area contributed by atoms with Crippen molar-refractivity contribution in [3.8, 4) is 23.0 Å². The Labute approximate surface area is 414 Å². The van der Waals surface area contributed by atoms with Crippen LogP contribution in [-0.4, -0.2) is 25.8 Å². The fourth-order valence-corrected chi connectivity index (χ4v) is 9.18. The summed E-state index contributed by atoms with van der Waals surface area (Å²) in [6.07, 6.45) is 55.3. The van der Waals surface area contributed by atoms with E-state index in [1.165, 1.54) is 231 Å². The van der Waals surface area contributed by atoms with E-state index < -0.39 is 5.97 Å². The predicted molar refractivity (Wildman–Crippen MR) is 290 cm³/mol. The molecule has 0 bridgehead atoms. The number of hydrogen-bond donors (Lipinski definition) is 1. The lowest BCUT2D eigenvalue weighted by Gasteiger charge is -2.19. The number of carbonyl (C=O) groups is 1. The number of unbranched alkanes of at least 4 members (excludes halogenated alkanes) is 39. The minimum absolute atomic E-state index is 0.396. The van der Waals surface area contributed by atoms with Crippen molar-refractivity contribution in [3.05, 3.63) is 42.0 Å². The fourth-order valence-electron chi connectivity index (χ4n) is 9.18. The molecule has 0 radical (unpaired) electrons. The van der Waals surface area contributed by atoms with Gasteiger partial charge in [0.2, 0.25) is 5.75 Å². The molecule has 67 heavy (non-hydrogen) atoms. The number of ether oxygens (including phenoxy) is 4. The van der Waals surface area contributed by atoms with Crippen molar-refractivity contribution < 1.29 is 23.7 Å². The average Bonchev–Trinajstić information content (AvgIpc) is 3.33. The third kappa shape index (κ3) is 35.0. The van der Waals surface area contributed by atoms with Crippen LogP contribution in [0, 0.1) is 0 Å². The molecule has 0 spiro atoms. The van der Waals surface area contributed by atoms with Gasteiger partial charge in [-0.3, -0.25) is 0 Å². The molecule has 0 amide bonds. The quantitative estimate of drug-likeness (QED) is 0.0308. The summed E-state index contributed by atoms with van der Waals surface area (Å²) in [6.45, 7) is 8.61. The summed E-state index contributed by atoms with van der Waals surface area (Å²) >= 11 is 0. The first-order chi connectivity index (χ1) is 33.1. The molecule has 6 nitrogen and oxygen atoms in total. The van der Waals surface area contributed by atoms with E-state index in [4.69, 9.17) is 24.7 Å². The molecule has 0 unspecified atom stereocenters. The molecule has 0 aliphatic rings. The molecule has 0 saturated heterocycles. The van der Waals surface area contributed by atoms with E-state index in [9.17, 15) is 4.79 Å². The zero-order valence-corrected chi connectivity index (χ0v) is 44.4. The summed E-state index contributed by atoms with van der Waals surface area (Å²) in [5, 5.41) is 0. The lowest BCUT2D eigenvalue weighted by atomic mass is 10.0. The second-order valence-corrected chi connectivity index (χ2v) is 20.1. The monoisotopic (exact) mass is 934 g/mol. The second kappa shape index (κ2) is 45.5. The van der Waals surface area contributed by atoms with Gasteiger partial charge >= 0.3 is 5.97 Å². The topological polar surface area (TPSA) is 80.0 Å². The smallest absolute Gasteiger partial charge is 0.343 e. The summed E-state index contributed by atoms with van der Waals surface area (Å²) in [4.78, 5) is 13.6. The maximum absolute atomic E-state index is 13.6. The van der Waals surface area contributed by atoms with Crippen molar-refractivity contribution in [1.82, 2.24) is 0 Å². The van der Waals surface area contributed by atoms with Gasteiger partial charge in [-0.1, -0.05) is 271 Å². The van der Waals surface area contributed by atoms with Crippen LogP contribution in [0.25, 0.3) is 0 Å². The maximum atomic E-state index is 13.6. The lowest BCUT2D eigenvalue weighted by Crippen LogP contribution is -2.12. The van der Waals surface area contributed by atoms with Gasteiger partial charge in [0.05, 0.1) is 25.4 Å². The Balaban J connectivity index is 1.94. The largest absolute Gasteiger partial charge is 0.490 e. The van der Waals surface area contributed by atoms with Crippen LogP contribution in [0.1, 0.15) is 301 Å². The van der Waals surface area contributed by atoms with Crippen LogP contribution < -0.4 is 24.7 Å². The highest BCUT2D eigenvalue weighted by atomic mass is 16.5. The van der Waals surface area contributed by atoms with Gasteiger partial charge in [-0.2, -0.15) is 0 Å². The molecule has 386 valence electrons. The number of nitrogens with two attached hydrogens (primary N) is 1. The SMILES string of the molecule is CCCCCCCCCCCCCCCCOc1cc(C(=O)Oc2ccc(N)cc2)cc(OCCCCCCCCCCCCCCCC)c1OCCCCCCCCCCCCCCCC. The minimum atomic E-state index is -0.453. The van der Waals surface area contributed by atoms with Crippen LogP contribution in [0.2, 0.25) is 0 Å². The molecule has 0 heterocycles. The molecule has 2 aromatic carbocycles. The first-order valence-corrected chi connectivity index (χ1v) is 29.2. The molecule has 0 saturated carbocycles. The number of carbonyl (C=O) groups excluding carboxylic acids is 1. The molecule has 2 N–H and O–H groups in total. The lowest BCUT2D eigenvalue weighted by molar-refractivity contribution is 0.0733. The van der Waals surface area contributed by atoms with E-state index in [1.54, 1.807) is 36.4 Å². The Kier molecular flexibility index (Phi) is 40.9. The highest BCUT2D eigenvalue weighted by molar-refractivity contribution is 5.92. The van der Waals surface area contributed by atoms with Crippen LogP contribution in [0.15, 0.2) is 36.4 Å². The average molecular weight is 935 g/mol. The van der Waals surface area contributed by atoms with Gasteiger partial charge in [0.25, 0.3) is 0 Å². The van der Waals surface area contributed by atoms with E-state index in [1.807, 2.05) is 0 Å². The van der Waals surface area contributed by atoms with Crippen LogP contribution in [0.4, 0.5) is 5.69 Å². The third-order valence-electron chi connectivity index (χ3n) is 13.6. The van der Waals surface area contributed by atoms with Crippen molar-refractivity contribution in [3.63, 3.8) is 0 Å². The van der Waals surface area contributed by atoms with Gasteiger partial charge < -0.3 is 24.7 Å². The van der Waals surface area contributed by atoms with Gasteiger partial charge in [0, 0.05) is 5.69 Å². The fraction of sp³-hybridized carbons (Fsp3) is 0.787. The molecular formula is C61H107NO5. The van der Waals surface area contributed by atoms with Crippen LogP contribution >= 0.6 is 0 Å². The van der Waals surface area contributed by atoms with E-state index in [0.717, 1.165) is 38.5 Å². The van der Waals surface area contributed by atoms with Crippen molar-refractivity contribution >= 4 is 11.7 Å². The van der Waals surface area contributed by atoms with Gasteiger partial charge in [0.1, 0.15) is 5.75 Å². The molecule has 2 aromatic rings. The number of anilines is 1. The summed E-state index contributed by atoms with van der Waals surface area (Å²) in [6, 6.07) is 10.5. The zero-order valence-electron chi connectivity index (χ0n) is 44.4. The number of esters is 1. The normalized spacial score (nSPS) is 11.3. The van der Waals surface area contributed by atoms with Gasteiger partial charge in [-0.05, 0) is 55.7 Å². The first kappa shape index (κ1) is 60.2. The number of hydrogen-bond acceptors (Lipinski definition) is 6. The molecule has 0 aliphatic heterocycles. The Morgan fingerprint density at radius 2 is 0.612 bits per heavy atom. The third-order valence-corrected chi connectivity index (χ3v) is 13.6. The molecular weight excluding hydrogens is 827 g/mol. The Bertz CT molecular complexity index is 1320. The Hall–Kier alpha value is -2.89. The summed E-state index contributed by atoms with van der Waals surface area (Å²) in [5.74, 6) is 1.76. The molecule has 0 aliphatic carbocycles. The van der Waals surface area contributed by atoms with Crippen LogP contribution in [0.3, 0.4) is 0 Å². The molecule has 0 aromatic heterocycles. The van der Waals surface area contributed by atoms with Crippen molar-refractivity contribution in [2.24, 2.45) is 0 Å². The predicted octanol–water partition coefficient (Wildman–Crippen LogP) is 20.1. The second-order valence-electron chi connectivity index (χ2n) is 20.1. The van der Waals surface area contributed by atoms with Gasteiger partial charge in [-0.15, -0.1) is 0 Å². The number of rotatable bonds is 50. The zero-order chi connectivity index (χ0) is 47.9. The van der Waals surface area contributed by atoms with Gasteiger partial charge in [0.15, 0.2) is 11.5 Å². The molecule has 2 rings (SSSR count). The summed E-state index contributed by atoms with van der Waals surface area (Å²) in [5.41, 5.74) is 6.93. The molecule has 6 heteroatoms. The summed E-state index contributed by atoms with van der Waals surface area (Å²) < 4.78 is 25.4. The Morgan fingerprint density at radius 3 is 0.896 bits per heavy atom. The van der Waals surface area contributed by atoms with Crippen molar-refractivity contribution in [2.45, 2.75) is 290 Å². The van der Waals surface area contributed by atoms with Crippen LogP contribution in [-0.2, 0) is 0 Å². The number of benzene rings is 2. The summed E-state index contributed by atoms with van der Waals surface area (Å²) in [7, 11) is 0. The highest BCUT2D eigenvalue weighted by Gasteiger charge is 2.21. The number of nitrogen functional groups attached to an aromatic ring is 1. The Morgan fingerprint density at radius 1 is 0.358 bits per heavy atom. The molecule has 0 atom stereocenters. The standard InChI is InChI=1S/C61H107NO5/c1-4-7-10-13-16-19-22-25-28-31-34-37-40-43-50-64-58-53-55(61(63)67-57-48-46-56(62)47-49-57)54-59(65-51-44-41-38-35-32-29-26-23-20-17-14-11-8-5-2)60(58)66-52-45-42-39-36-33-30-27-24-21-18-15-12-9-6-3/h46-49,53-54H,4-45,50-52,62H2,1-3H3. The van der Waals surface area contributed by atoms with Crippen molar-refractivity contribution in [2.75, 3.05) is 25.6 Å². The minimum Gasteiger partial charge on any atom is -0.490 e. The highest BCUT2D eigenvalue weighted by Crippen LogP contribution is 2.40. The van der Waals surface area contributed by atoms with E-state index in [2.05, 4.69) is 20.8 Å².